The number of fused-ring (bicyclic) bond motifs is 4. The van der Waals surface area contributed by atoms with E-state index >= 15 is 0 Å². The monoisotopic (exact) mass is 355 g/mol. The first-order valence-corrected chi connectivity index (χ1v) is 8.03. The van der Waals surface area contributed by atoms with Gasteiger partial charge in [-0.25, -0.2) is 0 Å². The molecule has 2 heterocycles. The first kappa shape index (κ1) is 16.1. The van der Waals surface area contributed by atoms with Crippen LogP contribution < -0.4 is 15.0 Å². The number of aromatic hydroxyl groups is 3. The smallest absolute Gasteiger partial charge is 0.262 e. The predicted molar refractivity (Wildman–Crippen MR) is 95.4 cm³/mol. The molecule has 1 aliphatic heterocycles. The summed E-state index contributed by atoms with van der Waals surface area (Å²) in [6.07, 6.45) is 0.466. The molecular weight excluding hydrogens is 338 g/mol. The lowest BCUT2D eigenvalue weighted by Gasteiger charge is -2.25. The second-order valence-electron chi connectivity index (χ2n) is 6.12. The van der Waals surface area contributed by atoms with Crippen LogP contribution in [0, 0.1) is 0 Å². The summed E-state index contributed by atoms with van der Waals surface area (Å²) in [5, 5.41) is 30.7. The lowest BCUT2D eigenvalue weighted by molar-refractivity contribution is 0.336. The lowest BCUT2D eigenvalue weighted by Crippen LogP contribution is -2.26. The Kier molecular flexibility index (Phi) is 3.47. The molecule has 3 aromatic rings. The Morgan fingerprint density at radius 3 is 2.50 bits per heavy atom. The summed E-state index contributed by atoms with van der Waals surface area (Å²) in [5.41, 5.74) is 1.75. The van der Waals surface area contributed by atoms with Crippen LogP contribution in [0.25, 0.3) is 22.0 Å². The van der Waals surface area contributed by atoms with E-state index in [1.807, 2.05) is 0 Å². The molecule has 2 aromatic carbocycles. The topological polar surface area (TPSA) is 101 Å². The minimum atomic E-state index is -0.422. The molecule has 26 heavy (non-hydrogen) atoms. The normalized spacial score (nSPS) is 12.5. The highest BCUT2D eigenvalue weighted by atomic mass is 16.5. The van der Waals surface area contributed by atoms with Gasteiger partial charge in [0.1, 0.15) is 0 Å². The third kappa shape index (κ3) is 2.03. The van der Waals surface area contributed by atoms with Crippen LogP contribution >= 0.6 is 0 Å². The molecule has 0 saturated carbocycles. The van der Waals surface area contributed by atoms with Gasteiger partial charge in [0.2, 0.25) is 5.75 Å². The molecule has 0 atom stereocenters. The van der Waals surface area contributed by atoms with Crippen molar-refractivity contribution in [2.75, 3.05) is 14.2 Å². The van der Waals surface area contributed by atoms with Crippen molar-refractivity contribution >= 4 is 10.8 Å². The molecule has 1 aliphatic rings. The van der Waals surface area contributed by atoms with Gasteiger partial charge in [0.15, 0.2) is 23.0 Å². The molecule has 7 nitrogen and oxygen atoms in total. The minimum Gasteiger partial charge on any atom is -0.504 e. The van der Waals surface area contributed by atoms with Crippen LogP contribution in [-0.4, -0.2) is 34.1 Å². The Hall–Kier alpha value is -3.35. The van der Waals surface area contributed by atoms with E-state index in [-0.39, 0.29) is 28.2 Å². The van der Waals surface area contributed by atoms with Crippen molar-refractivity contribution in [1.29, 1.82) is 0 Å². The van der Waals surface area contributed by atoms with Crippen LogP contribution in [0.2, 0.25) is 0 Å². The minimum absolute atomic E-state index is 0.0760. The van der Waals surface area contributed by atoms with E-state index in [0.29, 0.717) is 35.4 Å². The average molecular weight is 355 g/mol. The molecule has 7 heteroatoms. The largest absolute Gasteiger partial charge is 0.504 e. The van der Waals surface area contributed by atoms with Crippen molar-refractivity contribution in [1.82, 2.24) is 4.57 Å². The number of hydrogen-bond donors (Lipinski definition) is 3. The van der Waals surface area contributed by atoms with Crippen molar-refractivity contribution in [3.63, 3.8) is 0 Å². The summed E-state index contributed by atoms with van der Waals surface area (Å²) in [6.45, 7) is 0.355. The molecule has 4 rings (SSSR count). The van der Waals surface area contributed by atoms with E-state index in [1.165, 1.54) is 20.3 Å². The van der Waals surface area contributed by atoms with Crippen LogP contribution in [0.4, 0.5) is 0 Å². The summed E-state index contributed by atoms with van der Waals surface area (Å²) in [6, 6.07) is 6.36. The number of benzene rings is 2. The second kappa shape index (κ2) is 5.59. The zero-order chi connectivity index (χ0) is 18.6. The lowest BCUT2D eigenvalue weighted by atomic mass is 9.94. The van der Waals surface area contributed by atoms with Gasteiger partial charge >= 0.3 is 0 Å². The van der Waals surface area contributed by atoms with E-state index in [0.717, 1.165) is 5.56 Å². The Balaban J connectivity index is 2.11. The molecule has 0 aliphatic carbocycles. The molecule has 0 radical (unpaired) electrons. The quantitative estimate of drug-likeness (QED) is 0.610. The number of pyridine rings is 1. The van der Waals surface area contributed by atoms with Crippen LogP contribution in [0.5, 0.6) is 28.7 Å². The van der Waals surface area contributed by atoms with Gasteiger partial charge in [-0.05, 0) is 30.0 Å². The van der Waals surface area contributed by atoms with Crippen molar-refractivity contribution in [3.8, 4) is 40.0 Å². The van der Waals surface area contributed by atoms with Crippen molar-refractivity contribution in [2.45, 2.75) is 13.0 Å². The van der Waals surface area contributed by atoms with E-state index in [9.17, 15) is 20.1 Å². The van der Waals surface area contributed by atoms with Crippen LogP contribution in [0.15, 0.2) is 29.1 Å². The number of ether oxygens (including phenoxy) is 2. The zero-order valence-electron chi connectivity index (χ0n) is 14.2. The summed E-state index contributed by atoms with van der Waals surface area (Å²) in [5.74, 6) is -0.260. The number of methoxy groups -OCH3 is 2. The van der Waals surface area contributed by atoms with Gasteiger partial charge in [0.05, 0.1) is 25.3 Å². The van der Waals surface area contributed by atoms with Gasteiger partial charge < -0.3 is 29.4 Å². The maximum Gasteiger partial charge on any atom is 0.262 e. The highest BCUT2D eigenvalue weighted by Gasteiger charge is 2.27. The van der Waals surface area contributed by atoms with Gasteiger partial charge in [0, 0.05) is 17.7 Å². The molecule has 0 saturated heterocycles. The second-order valence-corrected chi connectivity index (χ2v) is 6.12. The number of nitrogens with zero attached hydrogens (tertiary/aromatic N) is 1. The third-order valence-electron chi connectivity index (χ3n) is 4.84. The molecule has 3 N–H and O–H groups in total. The number of rotatable bonds is 2. The van der Waals surface area contributed by atoms with Crippen molar-refractivity contribution < 1.29 is 24.8 Å². The number of hydrogen-bond acceptors (Lipinski definition) is 6. The zero-order valence-corrected chi connectivity index (χ0v) is 14.2. The highest BCUT2D eigenvalue weighted by Crippen LogP contribution is 2.46. The van der Waals surface area contributed by atoms with E-state index in [4.69, 9.17) is 9.47 Å². The van der Waals surface area contributed by atoms with E-state index < -0.39 is 5.75 Å². The summed E-state index contributed by atoms with van der Waals surface area (Å²) in [7, 11) is 2.91. The van der Waals surface area contributed by atoms with Crippen LogP contribution in [0.3, 0.4) is 0 Å². The predicted octanol–water partition coefficient (Wildman–Crippen LogP) is 2.36. The molecule has 0 fully saturated rings. The Morgan fingerprint density at radius 1 is 1.04 bits per heavy atom. The number of aromatic nitrogens is 1. The van der Waals surface area contributed by atoms with Gasteiger partial charge in [-0.2, -0.15) is 0 Å². The molecule has 0 bridgehead atoms. The fraction of sp³-hybridized carbons (Fsp3) is 0.211. The highest BCUT2D eigenvalue weighted by molar-refractivity contribution is 5.93. The molecular formula is C19H17NO6. The van der Waals surface area contributed by atoms with Crippen LogP contribution in [-0.2, 0) is 13.0 Å². The summed E-state index contributed by atoms with van der Waals surface area (Å²) in [4.78, 5) is 12.9. The Labute approximate surface area is 148 Å². The van der Waals surface area contributed by atoms with Crippen molar-refractivity contribution in [3.05, 3.63) is 40.2 Å². The third-order valence-corrected chi connectivity index (χ3v) is 4.84. The SMILES string of the molecule is COc1cc2c(c(OC)c1O)CCn1c-2cc2ccc(O)c(O)c2c1=O. The first-order valence-electron chi connectivity index (χ1n) is 8.03. The Morgan fingerprint density at radius 2 is 1.81 bits per heavy atom. The number of phenolic OH excluding ortho intramolecular Hbond substituents is 3. The Bertz CT molecular complexity index is 1120. The van der Waals surface area contributed by atoms with E-state index in [1.54, 1.807) is 22.8 Å². The molecule has 0 spiro atoms. The summed E-state index contributed by atoms with van der Waals surface area (Å²) >= 11 is 0. The first-order chi connectivity index (χ1) is 12.5. The van der Waals surface area contributed by atoms with E-state index in [2.05, 4.69) is 0 Å². The maximum absolute atomic E-state index is 12.9. The summed E-state index contributed by atoms with van der Waals surface area (Å²) < 4.78 is 12.1. The maximum atomic E-state index is 12.9. The molecule has 0 unspecified atom stereocenters. The standard InChI is InChI=1S/C19H17NO6/c1-25-14-8-11-10(18(26-2)17(14)23)5-6-20-12(11)7-9-3-4-13(21)16(22)15(9)19(20)24/h3-4,7-8,21-23H,5-6H2,1-2H3. The van der Waals surface area contributed by atoms with Gasteiger partial charge in [-0.1, -0.05) is 6.07 Å². The average Bonchev–Trinajstić information content (AvgIpc) is 2.64. The molecule has 134 valence electrons. The van der Waals surface area contributed by atoms with Gasteiger partial charge in [-0.3, -0.25) is 4.79 Å². The molecule has 1 aromatic heterocycles. The molecule has 0 amide bonds. The van der Waals surface area contributed by atoms with Crippen LogP contribution in [0.1, 0.15) is 5.56 Å². The number of phenols is 3. The fourth-order valence-electron chi connectivity index (χ4n) is 3.60. The van der Waals surface area contributed by atoms with Gasteiger partial charge in [-0.15, -0.1) is 0 Å². The fourth-order valence-corrected chi connectivity index (χ4v) is 3.60. The van der Waals surface area contributed by atoms with Crippen molar-refractivity contribution in [2.24, 2.45) is 0 Å². The van der Waals surface area contributed by atoms with Gasteiger partial charge in [0.25, 0.3) is 5.56 Å².